The zero-order valence-corrected chi connectivity index (χ0v) is 15.7. The van der Waals surface area contributed by atoms with E-state index in [0.717, 1.165) is 25.7 Å². The summed E-state index contributed by atoms with van der Waals surface area (Å²) in [6.45, 7) is 0. The largest absolute Gasteiger partial charge is 0.349 e. The standard InChI is InChI=1S/C20H24N2O3S/c1-22(18-10-6-3-7-11-18)26(24,25)19-14-12-16(13-15-19)20(23)21-17-8-4-2-5-9-17/h3,6-7,10-15,17H,2,4-5,8-9H2,1H3,(H,21,23). The van der Waals surface area contributed by atoms with Gasteiger partial charge in [-0.2, -0.15) is 0 Å². The van der Waals surface area contributed by atoms with Crippen LogP contribution < -0.4 is 9.62 Å². The van der Waals surface area contributed by atoms with Crippen molar-refractivity contribution in [3.8, 4) is 0 Å². The minimum atomic E-state index is -3.66. The summed E-state index contributed by atoms with van der Waals surface area (Å²) in [5.41, 5.74) is 1.07. The SMILES string of the molecule is CN(c1ccccc1)S(=O)(=O)c1ccc(C(=O)NC2CCCCC2)cc1. The van der Waals surface area contributed by atoms with Crippen molar-refractivity contribution in [3.63, 3.8) is 0 Å². The van der Waals surface area contributed by atoms with Gasteiger partial charge in [-0.3, -0.25) is 9.10 Å². The first kappa shape index (κ1) is 18.5. The van der Waals surface area contributed by atoms with Crippen molar-refractivity contribution in [3.05, 3.63) is 60.2 Å². The Hall–Kier alpha value is -2.34. The van der Waals surface area contributed by atoms with Gasteiger partial charge in [0.25, 0.3) is 15.9 Å². The van der Waals surface area contributed by atoms with E-state index in [-0.39, 0.29) is 16.8 Å². The van der Waals surface area contributed by atoms with E-state index in [4.69, 9.17) is 0 Å². The maximum atomic E-state index is 12.8. The van der Waals surface area contributed by atoms with Crippen LogP contribution in [-0.4, -0.2) is 27.4 Å². The van der Waals surface area contributed by atoms with Gasteiger partial charge in [0.15, 0.2) is 0 Å². The molecule has 1 N–H and O–H groups in total. The monoisotopic (exact) mass is 372 g/mol. The summed E-state index contributed by atoms with van der Waals surface area (Å²) in [6, 6.07) is 15.3. The summed E-state index contributed by atoms with van der Waals surface area (Å²) in [7, 11) is -2.14. The molecule has 26 heavy (non-hydrogen) atoms. The number of nitrogens with zero attached hydrogens (tertiary/aromatic N) is 1. The average Bonchev–Trinajstić information content (AvgIpc) is 2.69. The number of rotatable bonds is 5. The van der Waals surface area contributed by atoms with E-state index in [2.05, 4.69) is 5.32 Å². The zero-order chi connectivity index (χ0) is 18.6. The van der Waals surface area contributed by atoms with Gasteiger partial charge < -0.3 is 5.32 Å². The van der Waals surface area contributed by atoms with E-state index in [1.54, 1.807) is 36.4 Å². The third-order valence-electron chi connectivity index (χ3n) is 4.84. The Balaban J connectivity index is 1.73. The van der Waals surface area contributed by atoms with Crippen molar-refractivity contribution in [2.75, 3.05) is 11.4 Å². The summed E-state index contributed by atoms with van der Waals surface area (Å²) in [6.07, 6.45) is 5.55. The highest BCUT2D eigenvalue weighted by Crippen LogP contribution is 2.22. The van der Waals surface area contributed by atoms with Crippen LogP contribution in [0, 0.1) is 0 Å². The molecule has 0 spiro atoms. The molecule has 0 aromatic heterocycles. The van der Waals surface area contributed by atoms with Crippen LogP contribution in [0.25, 0.3) is 0 Å². The molecule has 1 fully saturated rings. The number of carbonyl (C=O) groups excluding carboxylic acids is 1. The maximum absolute atomic E-state index is 12.8. The van der Waals surface area contributed by atoms with Crippen molar-refractivity contribution in [1.29, 1.82) is 0 Å². The number of amides is 1. The molecule has 0 unspecified atom stereocenters. The molecule has 1 saturated carbocycles. The Bertz CT molecular complexity index is 842. The summed E-state index contributed by atoms with van der Waals surface area (Å²) < 4.78 is 26.8. The van der Waals surface area contributed by atoms with Crippen LogP contribution in [0.4, 0.5) is 5.69 Å². The fourth-order valence-electron chi connectivity index (χ4n) is 3.23. The number of nitrogens with one attached hydrogen (secondary N) is 1. The number of benzene rings is 2. The van der Waals surface area contributed by atoms with Gasteiger partial charge in [-0.25, -0.2) is 8.42 Å². The Kier molecular flexibility index (Phi) is 5.61. The number of hydrogen-bond donors (Lipinski definition) is 1. The molecule has 5 nitrogen and oxygen atoms in total. The third-order valence-corrected chi connectivity index (χ3v) is 6.63. The predicted octanol–water partition coefficient (Wildman–Crippen LogP) is 3.57. The lowest BCUT2D eigenvalue weighted by Crippen LogP contribution is -2.36. The van der Waals surface area contributed by atoms with Crippen LogP contribution in [0.5, 0.6) is 0 Å². The van der Waals surface area contributed by atoms with Crippen LogP contribution in [0.15, 0.2) is 59.5 Å². The lowest BCUT2D eigenvalue weighted by atomic mass is 9.95. The predicted molar refractivity (Wildman–Crippen MR) is 103 cm³/mol. The van der Waals surface area contributed by atoms with E-state index in [0.29, 0.717) is 11.3 Å². The molecule has 0 aliphatic heterocycles. The molecule has 0 bridgehead atoms. The fourth-order valence-corrected chi connectivity index (χ4v) is 4.42. The fraction of sp³-hybridized carbons (Fsp3) is 0.350. The molecule has 3 rings (SSSR count). The van der Waals surface area contributed by atoms with Gasteiger partial charge in [0.05, 0.1) is 10.6 Å². The Morgan fingerprint density at radius 1 is 0.962 bits per heavy atom. The molecule has 1 aliphatic rings. The van der Waals surface area contributed by atoms with Gasteiger partial charge in [0.2, 0.25) is 0 Å². The summed E-state index contributed by atoms with van der Waals surface area (Å²) in [5, 5.41) is 3.04. The van der Waals surface area contributed by atoms with Crippen molar-refractivity contribution in [2.24, 2.45) is 0 Å². The van der Waals surface area contributed by atoms with Crippen molar-refractivity contribution >= 4 is 21.6 Å². The lowest BCUT2D eigenvalue weighted by Gasteiger charge is -2.23. The Morgan fingerprint density at radius 2 is 1.58 bits per heavy atom. The maximum Gasteiger partial charge on any atom is 0.264 e. The highest BCUT2D eigenvalue weighted by atomic mass is 32.2. The lowest BCUT2D eigenvalue weighted by molar-refractivity contribution is 0.0927. The molecular weight excluding hydrogens is 348 g/mol. The van der Waals surface area contributed by atoms with E-state index in [9.17, 15) is 13.2 Å². The zero-order valence-electron chi connectivity index (χ0n) is 14.9. The second kappa shape index (κ2) is 7.91. The summed E-state index contributed by atoms with van der Waals surface area (Å²) in [4.78, 5) is 12.5. The first-order valence-electron chi connectivity index (χ1n) is 8.93. The van der Waals surface area contributed by atoms with Crippen LogP contribution in [0.1, 0.15) is 42.5 Å². The van der Waals surface area contributed by atoms with Gasteiger partial charge in [0.1, 0.15) is 0 Å². The van der Waals surface area contributed by atoms with Crippen LogP contribution in [0.3, 0.4) is 0 Å². The van der Waals surface area contributed by atoms with Gasteiger partial charge in [-0.15, -0.1) is 0 Å². The van der Waals surface area contributed by atoms with E-state index in [1.807, 2.05) is 6.07 Å². The van der Waals surface area contributed by atoms with E-state index in [1.165, 1.54) is 29.9 Å². The van der Waals surface area contributed by atoms with E-state index >= 15 is 0 Å². The number of sulfonamides is 1. The average molecular weight is 372 g/mol. The minimum Gasteiger partial charge on any atom is -0.349 e. The number of carbonyl (C=O) groups is 1. The number of hydrogen-bond acceptors (Lipinski definition) is 3. The Labute approximate surface area is 155 Å². The molecule has 0 saturated heterocycles. The molecular formula is C20H24N2O3S. The molecule has 2 aromatic rings. The van der Waals surface area contributed by atoms with Crippen LogP contribution >= 0.6 is 0 Å². The third kappa shape index (κ3) is 4.07. The van der Waals surface area contributed by atoms with Crippen LogP contribution in [0.2, 0.25) is 0 Å². The number of para-hydroxylation sites is 1. The molecule has 0 radical (unpaired) electrons. The second-order valence-electron chi connectivity index (χ2n) is 6.64. The first-order chi connectivity index (χ1) is 12.5. The summed E-state index contributed by atoms with van der Waals surface area (Å²) in [5.74, 6) is -0.141. The van der Waals surface area contributed by atoms with E-state index < -0.39 is 10.0 Å². The van der Waals surface area contributed by atoms with Gasteiger partial charge in [-0.1, -0.05) is 37.5 Å². The Morgan fingerprint density at radius 3 is 2.19 bits per heavy atom. The molecule has 138 valence electrons. The smallest absolute Gasteiger partial charge is 0.264 e. The summed E-state index contributed by atoms with van der Waals surface area (Å²) >= 11 is 0. The topological polar surface area (TPSA) is 66.5 Å². The quantitative estimate of drug-likeness (QED) is 0.872. The molecule has 2 aromatic carbocycles. The van der Waals surface area contributed by atoms with Crippen molar-refractivity contribution in [2.45, 2.75) is 43.0 Å². The molecule has 1 aliphatic carbocycles. The number of anilines is 1. The molecule has 0 heterocycles. The highest BCUT2D eigenvalue weighted by molar-refractivity contribution is 7.92. The second-order valence-corrected chi connectivity index (χ2v) is 8.61. The van der Waals surface area contributed by atoms with Gasteiger partial charge in [-0.05, 0) is 49.2 Å². The minimum absolute atomic E-state index is 0.141. The van der Waals surface area contributed by atoms with Crippen LogP contribution in [-0.2, 0) is 10.0 Å². The van der Waals surface area contributed by atoms with Crippen molar-refractivity contribution in [1.82, 2.24) is 5.32 Å². The normalized spacial score (nSPS) is 15.4. The molecule has 6 heteroatoms. The van der Waals surface area contributed by atoms with Crippen molar-refractivity contribution < 1.29 is 13.2 Å². The van der Waals surface area contributed by atoms with Gasteiger partial charge >= 0.3 is 0 Å². The van der Waals surface area contributed by atoms with Gasteiger partial charge in [0, 0.05) is 18.7 Å². The molecule has 0 atom stereocenters. The highest BCUT2D eigenvalue weighted by Gasteiger charge is 2.22. The first-order valence-corrected chi connectivity index (χ1v) is 10.4. The molecule has 1 amide bonds.